The van der Waals surface area contributed by atoms with Gasteiger partial charge in [-0.05, 0) is 44.7 Å². The van der Waals surface area contributed by atoms with Gasteiger partial charge in [-0.3, -0.25) is 4.99 Å². The van der Waals surface area contributed by atoms with E-state index in [1.54, 1.807) is 0 Å². The summed E-state index contributed by atoms with van der Waals surface area (Å²) in [7, 11) is 0. The first-order valence-electron chi connectivity index (χ1n) is 8.00. The quantitative estimate of drug-likeness (QED) is 0.263. The van der Waals surface area contributed by atoms with Crippen molar-refractivity contribution < 1.29 is 13.2 Å². The molecule has 1 atom stereocenters. The van der Waals surface area contributed by atoms with Gasteiger partial charge in [0.05, 0.1) is 6.04 Å². The van der Waals surface area contributed by atoms with Gasteiger partial charge >= 0.3 is 6.18 Å². The third kappa shape index (κ3) is 9.34. The molecule has 0 aliphatic heterocycles. The maximum Gasteiger partial charge on any atom is 0.389 e. The van der Waals surface area contributed by atoms with Gasteiger partial charge in [-0.25, -0.2) is 0 Å². The van der Waals surface area contributed by atoms with Crippen LogP contribution in [0.5, 0.6) is 0 Å². The third-order valence-electron chi connectivity index (χ3n) is 3.49. The Hall–Kier alpha value is -0.990. The zero-order valence-electron chi connectivity index (χ0n) is 14.4. The molecule has 24 heavy (non-hydrogen) atoms. The third-order valence-corrected chi connectivity index (χ3v) is 3.49. The van der Waals surface area contributed by atoms with Crippen molar-refractivity contribution >= 4 is 29.9 Å². The molecule has 0 saturated carbocycles. The minimum atomic E-state index is -4.08. The Morgan fingerprint density at radius 1 is 1.21 bits per heavy atom. The molecule has 1 unspecified atom stereocenters. The van der Waals surface area contributed by atoms with Crippen molar-refractivity contribution in [2.75, 3.05) is 13.1 Å². The second-order valence-corrected chi connectivity index (χ2v) is 5.56. The van der Waals surface area contributed by atoms with E-state index in [0.29, 0.717) is 25.5 Å². The highest BCUT2D eigenvalue weighted by Crippen LogP contribution is 2.22. The molecule has 0 amide bonds. The summed E-state index contributed by atoms with van der Waals surface area (Å²) < 4.78 is 36.3. The average Bonchev–Trinajstić information content (AvgIpc) is 2.46. The van der Waals surface area contributed by atoms with E-state index in [1.807, 2.05) is 26.0 Å². The predicted octanol–water partition coefficient (Wildman–Crippen LogP) is 4.96. The molecule has 1 aromatic carbocycles. The van der Waals surface area contributed by atoms with Crippen molar-refractivity contribution in [3.8, 4) is 0 Å². The number of rotatable bonds is 7. The van der Waals surface area contributed by atoms with E-state index < -0.39 is 12.6 Å². The van der Waals surface area contributed by atoms with E-state index in [4.69, 9.17) is 0 Å². The molecule has 0 saturated heterocycles. The molecule has 0 aliphatic rings. The SMILES string of the molecule is CCNC(=NCCCCC(F)(F)F)NC(C)c1ccccc1C.I. The smallest absolute Gasteiger partial charge is 0.357 e. The molecule has 0 aliphatic carbocycles. The van der Waals surface area contributed by atoms with Crippen molar-refractivity contribution in [1.82, 2.24) is 10.6 Å². The van der Waals surface area contributed by atoms with Crippen molar-refractivity contribution in [1.29, 1.82) is 0 Å². The molecular formula is C17H27F3IN3. The summed E-state index contributed by atoms with van der Waals surface area (Å²) in [5.74, 6) is 0.635. The van der Waals surface area contributed by atoms with Gasteiger partial charge in [-0.15, -0.1) is 24.0 Å². The monoisotopic (exact) mass is 457 g/mol. The Morgan fingerprint density at radius 3 is 2.46 bits per heavy atom. The fraction of sp³-hybridized carbons (Fsp3) is 0.588. The van der Waals surface area contributed by atoms with Crippen molar-refractivity contribution in [3.05, 3.63) is 35.4 Å². The normalized spacial score (nSPS) is 13.2. The van der Waals surface area contributed by atoms with E-state index in [0.717, 1.165) is 0 Å². The second kappa shape index (κ2) is 11.5. The Kier molecular flexibility index (Phi) is 11.1. The number of halogens is 4. The van der Waals surface area contributed by atoms with Crippen LogP contribution < -0.4 is 10.6 Å². The molecule has 3 nitrogen and oxygen atoms in total. The number of hydrogen-bond donors (Lipinski definition) is 2. The van der Waals surface area contributed by atoms with Crippen molar-refractivity contribution in [2.45, 2.75) is 52.3 Å². The van der Waals surface area contributed by atoms with Crippen molar-refractivity contribution in [3.63, 3.8) is 0 Å². The standard InChI is InChI=1S/C17H26F3N3.HI/c1-4-21-16(22-12-8-7-11-17(18,19)20)23-14(3)15-10-6-5-9-13(15)2;/h5-6,9-10,14H,4,7-8,11-12H2,1-3H3,(H2,21,22,23);1H. The van der Waals surface area contributed by atoms with Gasteiger partial charge in [-0.1, -0.05) is 24.3 Å². The molecule has 138 valence electrons. The Balaban J connectivity index is 0.00000529. The lowest BCUT2D eigenvalue weighted by atomic mass is 10.0. The molecule has 0 spiro atoms. The number of alkyl halides is 3. The number of nitrogens with one attached hydrogen (secondary N) is 2. The molecule has 0 fully saturated rings. The van der Waals surface area contributed by atoms with E-state index in [1.165, 1.54) is 11.1 Å². The van der Waals surface area contributed by atoms with Crippen molar-refractivity contribution in [2.24, 2.45) is 4.99 Å². The number of guanidine groups is 1. The first-order chi connectivity index (χ1) is 10.8. The summed E-state index contributed by atoms with van der Waals surface area (Å²) in [4.78, 5) is 4.36. The maximum absolute atomic E-state index is 12.1. The maximum atomic E-state index is 12.1. The first kappa shape index (κ1) is 23.0. The molecule has 0 heterocycles. The van der Waals surface area contributed by atoms with Crippen LogP contribution in [0.3, 0.4) is 0 Å². The fourth-order valence-corrected chi connectivity index (χ4v) is 2.30. The number of aliphatic imine (C=N–C) groups is 1. The number of unbranched alkanes of at least 4 members (excludes halogenated alkanes) is 1. The van der Waals surface area contributed by atoms with Gasteiger partial charge < -0.3 is 10.6 Å². The van der Waals surface area contributed by atoms with Gasteiger partial charge in [0.15, 0.2) is 5.96 Å². The number of benzene rings is 1. The van der Waals surface area contributed by atoms with E-state index in [-0.39, 0.29) is 36.4 Å². The Morgan fingerprint density at radius 2 is 1.88 bits per heavy atom. The number of aryl methyl sites for hydroxylation is 1. The van der Waals surface area contributed by atoms with Crippen LogP contribution in [0, 0.1) is 6.92 Å². The summed E-state index contributed by atoms with van der Waals surface area (Å²) in [6.45, 7) is 7.13. The lowest BCUT2D eigenvalue weighted by Crippen LogP contribution is -2.39. The van der Waals surface area contributed by atoms with Gasteiger partial charge in [0, 0.05) is 19.5 Å². The first-order valence-corrected chi connectivity index (χ1v) is 8.00. The Labute approximate surface area is 159 Å². The fourth-order valence-electron chi connectivity index (χ4n) is 2.30. The summed E-state index contributed by atoms with van der Waals surface area (Å²) in [6, 6.07) is 8.16. The lowest BCUT2D eigenvalue weighted by Gasteiger charge is -2.19. The predicted molar refractivity (Wildman–Crippen MR) is 104 cm³/mol. The summed E-state index contributed by atoms with van der Waals surface area (Å²) in [5, 5.41) is 6.43. The average molecular weight is 457 g/mol. The lowest BCUT2D eigenvalue weighted by molar-refractivity contribution is -0.135. The van der Waals surface area contributed by atoms with Gasteiger partial charge in [0.25, 0.3) is 0 Å². The van der Waals surface area contributed by atoms with Crippen LogP contribution in [-0.2, 0) is 0 Å². The summed E-state index contributed by atoms with van der Waals surface area (Å²) in [5.41, 5.74) is 2.36. The molecule has 1 rings (SSSR count). The topological polar surface area (TPSA) is 36.4 Å². The van der Waals surface area contributed by atoms with Crippen LogP contribution in [0.2, 0.25) is 0 Å². The highest BCUT2D eigenvalue weighted by Gasteiger charge is 2.25. The van der Waals surface area contributed by atoms with Gasteiger partial charge in [0.2, 0.25) is 0 Å². The summed E-state index contributed by atoms with van der Waals surface area (Å²) in [6.07, 6.45) is -4.29. The van der Waals surface area contributed by atoms with Gasteiger partial charge in [-0.2, -0.15) is 13.2 Å². The van der Waals surface area contributed by atoms with Gasteiger partial charge in [0.1, 0.15) is 0 Å². The van der Waals surface area contributed by atoms with Crippen LogP contribution in [0.1, 0.15) is 50.3 Å². The molecule has 7 heteroatoms. The zero-order chi connectivity index (χ0) is 17.3. The largest absolute Gasteiger partial charge is 0.389 e. The minimum Gasteiger partial charge on any atom is -0.357 e. The van der Waals surface area contributed by atoms with E-state index in [2.05, 4.69) is 34.7 Å². The molecular weight excluding hydrogens is 430 g/mol. The highest BCUT2D eigenvalue weighted by molar-refractivity contribution is 14.0. The van der Waals surface area contributed by atoms with E-state index in [9.17, 15) is 13.2 Å². The molecule has 0 radical (unpaired) electrons. The van der Waals surface area contributed by atoms with Crippen LogP contribution >= 0.6 is 24.0 Å². The molecule has 0 aromatic heterocycles. The van der Waals surface area contributed by atoms with Crippen LogP contribution in [0.15, 0.2) is 29.3 Å². The highest BCUT2D eigenvalue weighted by atomic mass is 127. The summed E-state index contributed by atoms with van der Waals surface area (Å²) >= 11 is 0. The number of nitrogens with zero attached hydrogens (tertiary/aromatic N) is 1. The van der Waals surface area contributed by atoms with Crippen LogP contribution in [-0.4, -0.2) is 25.2 Å². The zero-order valence-corrected chi connectivity index (χ0v) is 16.7. The van der Waals surface area contributed by atoms with E-state index >= 15 is 0 Å². The second-order valence-electron chi connectivity index (χ2n) is 5.56. The number of hydrogen-bond acceptors (Lipinski definition) is 1. The Bertz CT molecular complexity index is 504. The minimum absolute atomic E-state index is 0. The molecule has 1 aromatic rings. The van der Waals surface area contributed by atoms with Crippen LogP contribution in [0.25, 0.3) is 0 Å². The van der Waals surface area contributed by atoms with Crippen LogP contribution in [0.4, 0.5) is 13.2 Å². The molecule has 0 bridgehead atoms. The molecule has 2 N–H and O–H groups in total.